The molecule has 0 aromatic carbocycles. The molecule has 0 fully saturated rings. The van der Waals surface area contributed by atoms with Gasteiger partial charge in [0, 0.05) is 25.5 Å². The number of carbonyl (C=O) groups excluding carboxylic acids is 2. The van der Waals surface area contributed by atoms with Gasteiger partial charge in [-0.3, -0.25) is 14.7 Å². The maximum atomic E-state index is 12.5. The molecule has 0 spiro atoms. The molecule has 1 aromatic rings. The second-order valence-corrected chi connectivity index (χ2v) is 6.72. The highest BCUT2D eigenvalue weighted by Gasteiger charge is 2.33. The Hall–Kier alpha value is -1.82. The second-order valence-electron chi connectivity index (χ2n) is 6.45. The number of amides is 2. The predicted octanol–water partition coefficient (Wildman–Crippen LogP) is 2.27. The van der Waals surface area contributed by atoms with Crippen molar-refractivity contribution in [2.24, 2.45) is 0 Å². The Kier molecular flexibility index (Phi) is 5.46. The van der Waals surface area contributed by atoms with Crippen LogP contribution in [-0.2, 0) is 16.0 Å². The number of nitrogens with one attached hydrogen (secondary N) is 1. The molecule has 23 heavy (non-hydrogen) atoms. The summed E-state index contributed by atoms with van der Waals surface area (Å²) in [4.78, 5) is 29.8. The van der Waals surface area contributed by atoms with E-state index in [1.54, 1.807) is 17.3 Å². The molecule has 6 nitrogen and oxygen atoms in total. The highest BCUT2D eigenvalue weighted by molar-refractivity contribution is 6.27. The van der Waals surface area contributed by atoms with Gasteiger partial charge in [0.2, 0.25) is 5.91 Å². The number of pyridine rings is 1. The van der Waals surface area contributed by atoms with Gasteiger partial charge in [-0.15, -0.1) is 11.6 Å². The number of halogens is 1. The van der Waals surface area contributed by atoms with Crippen molar-refractivity contribution in [3.63, 3.8) is 0 Å². The van der Waals surface area contributed by atoms with Crippen LogP contribution in [0.5, 0.6) is 0 Å². The molecule has 1 atom stereocenters. The van der Waals surface area contributed by atoms with Crippen molar-refractivity contribution < 1.29 is 14.3 Å². The van der Waals surface area contributed by atoms with Crippen LogP contribution in [0.3, 0.4) is 0 Å². The Morgan fingerprint density at radius 1 is 1.48 bits per heavy atom. The van der Waals surface area contributed by atoms with Crippen molar-refractivity contribution >= 4 is 23.6 Å². The average Bonchev–Trinajstić information content (AvgIpc) is 2.50. The molecule has 2 rings (SSSR count). The molecule has 1 unspecified atom stereocenters. The highest BCUT2D eigenvalue weighted by Crippen LogP contribution is 2.30. The number of nitrogens with zero attached hydrogens (tertiary/aromatic N) is 2. The second kappa shape index (κ2) is 7.17. The molecule has 1 aliphatic rings. The van der Waals surface area contributed by atoms with Gasteiger partial charge in [0.1, 0.15) is 11.5 Å². The van der Waals surface area contributed by atoms with Crippen LogP contribution in [-0.4, -0.2) is 46.5 Å². The monoisotopic (exact) mass is 339 g/mol. The molecule has 0 aliphatic carbocycles. The van der Waals surface area contributed by atoms with Crippen LogP contribution in [0.4, 0.5) is 4.79 Å². The van der Waals surface area contributed by atoms with Crippen molar-refractivity contribution in [1.29, 1.82) is 0 Å². The number of carbonyl (C=O) groups is 2. The number of hydrogen-bond acceptors (Lipinski definition) is 4. The quantitative estimate of drug-likeness (QED) is 0.857. The van der Waals surface area contributed by atoms with Crippen LogP contribution < -0.4 is 5.32 Å². The minimum atomic E-state index is -0.573. The van der Waals surface area contributed by atoms with E-state index in [0.717, 1.165) is 17.5 Å². The lowest BCUT2D eigenvalue weighted by atomic mass is 9.94. The van der Waals surface area contributed by atoms with Gasteiger partial charge in [0.05, 0.1) is 6.04 Å². The summed E-state index contributed by atoms with van der Waals surface area (Å²) in [5, 5.41) is 2.74. The number of hydrogen-bond donors (Lipinski definition) is 1. The summed E-state index contributed by atoms with van der Waals surface area (Å²) in [6.07, 6.45) is 3.81. The summed E-state index contributed by atoms with van der Waals surface area (Å²) >= 11 is 5.53. The van der Waals surface area contributed by atoms with Gasteiger partial charge in [-0.05, 0) is 44.4 Å². The normalized spacial score (nSPS) is 17.4. The predicted molar refractivity (Wildman–Crippen MR) is 87.4 cm³/mol. The summed E-state index contributed by atoms with van der Waals surface area (Å²) in [5.41, 5.74) is 1.49. The molecule has 1 aromatic heterocycles. The third-order valence-electron chi connectivity index (χ3n) is 3.55. The number of alkyl halides is 1. The SMILES string of the molecule is CC(C)(C)OC(=O)N1CCc2ccncc2C1CNC(=O)CCl. The number of rotatable bonds is 3. The van der Waals surface area contributed by atoms with Crippen LogP contribution in [0.25, 0.3) is 0 Å². The Bertz CT molecular complexity index is 586. The first-order valence-electron chi connectivity index (χ1n) is 7.57. The molecule has 0 radical (unpaired) electrons. The van der Waals surface area contributed by atoms with Crippen LogP contribution in [0.15, 0.2) is 18.5 Å². The first-order chi connectivity index (χ1) is 10.8. The van der Waals surface area contributed by atoms with Crippen LogP contribution in [0.1, 0.15) is 37.9 Å². The molecular formula is C16H22ClN3O3. The van der Waals surface area contributed by atoms with Gasteiger partial charge in [-0.2, -0.15) is 0 Å². The average molecular weight is 340 g/mol. The fourth-order valence-electron chi connectivity index (χ4n) is 2.54. The summed E-state index contributed by atoms with van der Waals surface area (Å²) in [7, 11) is 0. The minimum Gasteiger partial charge on any atom is -0.444 e. The Labute approximate surface area is 141 Å². The van der Waals surface area contributed by atoms with Gasteiger partial charge in [0.15, 0.2) is 0 Å². The summed E-state index contributed by atoms with van der Waals surface area (Å²) in [5.74, 6) is -0.384. The maximum Gasteiger partial charge on any atom is 0.410 e. The van der Waals surface area contributed by atoms with E-state index in [4.69, 9.17) is 16.3 Å². The summed E-state index contributed by atoms with van der Waals surface area (Å²) in [6.45, 7) is 6.30. The van der Waals surface area contributed by atoms with Crippen molar-refractivity contribution in [3.8, 4) is 0 Å². The molecule has 2 heterocycles. The highest BCUT2D eigenvalue weighted by atomic mass is 35.5. The lowest BCUT2D eigenvalue weighted by molar-refractivity contribution is -0.119. The zero-order chi connectivity index (χ0) is 17.0. The topological polar surface area (TPSA) is 71.5 Å². The summed E-state index contributed by atoms with van der Waals surface area (Å²) in [6, 6.07) is 1.63. The van der Waals surface area contributed by atoms with Crippen molar-refractivity contribution in [3.05, 3.63) is 29.6 Å². The standard InChI is InChI=1S/C16H22ClN3O3/c1-16(2,3)23-15(22)20-7-5-11-4-6-18-9-12(11)13(20)10-19-14(21)8-17/h4,6,9,13H,5,7-8,10H2,1-3H3,(H,19,21). The van der Waals surface area contributed by atoms with Gasteiger partial charge in [-0.25, -0.2) is 4.79 Å². The van der Waals surface area contributed by atoms with Crippen molar-refractivity contribution in [2.75, 3.05) is 19.0 Å². The fraction of sp³-hybridized carbons (Fsp3) is 0.562. The number of aromatic nitrogens is 1. The maximum absolute atomic E-state index is 12.5. The van der Waals surface area contributed by atoms with Gasteiger partial charge in [-0.1, -0.05) is 0 Å². The van der Waals surface area contributed by atoms with E-state index >= 15 is 0 Å². The lowest BCUT2D eigenvalue weighted by Gasteiger charge is -2.37. The van der Waals surface area contributed by atoms with Gasteiger partial charge >= 0.3 is 6.09 Å². The zero-order valence-electron chi connectivity index (χ0n) is 13.6. The molecule has 1 N–H and O–H groups in total. The van der Waals surface area contributed by atoms with E-state index in [-0.39, 0.29) is 24.4 Å². The van der Waals surface area contributed by atoms with Crippen LogP contribution in [0.2, 0.25) is 0 Å². The first kappa shape index (κ1) is 17.5. The number of fused-ring (bicyclic) bond motifs is 1. The molecule has 1 aliphatic heterocycles. The van der Waals surface area contributed by atoms with E-state index in [2.05, 4.69) is 10.3 Å². The Morgan fingerprint density at radius 2 is 2.22 bits per heavy atom. The fourth-order valence-corrected chi connectivity index (χ4v) is 2.64. The van der Waals surface area contributed by atoms with Crippen molar-refractivity contribution in [1.82, 2.24) is 15.2 Å². The molecule has 7 heteroatoms. The molecule has 0 saturated carbocycles. The van der Waals surface area contributed by atoms with E-state index in [0.29, 0.717) is 6.54 Å². The minimum absolute atomic E-state index is 0.112. The molecule has 0 bridgehead atoms. The van der Waals surface area contributed by atoms with E-state index in [1.807, 2.05) is 26.8 Å². The largest absolute Gasteiger partial charge is 0.444 e. The summed E-state index contributed by atoms with van der Waals surface area (Å²) < 4.78 is 5.48. The zero-order valence-corrected chi connectivity index (χ0v) is 14.4. The van der Waals surface area contributed by atoms with Crippen LogP contribution >= 0.6 is 11.6 Å². The van der Waals surface area contributed by atoms with Gasteiger partial charge in [0.25, 0.3) is 0 Å². The van der Waals surface area contributed by atoms with E-state index in [9.17, 15) is 9.59 Å². The van der Waals surface area contributed by atoms with E-state index in [1.165, 1.54) is 0 Å². The van der Waals surface area contributed by atoms with Crippen molar-refractivity contribution in [2.45, 2.75) is 38.8 Å². The molecular weight excluding hydrogens is 318 g/mol. The molecule has 0 saturated heterocycles. The first-order valence-corrected chi connectivity index (χ1v) is 8.10. The van der Waals surface area contributed by atoms with Crippen LogP contribution in [0, 0.1) is 0 Å². The lowest BCUT2D eigenvalue weighted by Crippen LogP contribution is -2.47. The Morgan fingerprint density at radius 3 is 2.87 bits per heavy atom. The third kappa shape index (κ3) is 4.58. The Balaban J connectivity index is 2.23. The number of ether oxygens (including phenoxy) is 1. The molecule has 2 amide bonds. The molecule has 126 valence electrons. The third-order valence-corrected chi connectivity index (χ3v) is 3.79. The smallest absolute Gasteiger partial charge is 0.410 e. The van der Waals surface area contributed by atoms with E-state index < -0.39 is 11.7 Å². The van der Waals surface area contributed by atoms with Gasteiger partial charge < -0.3 is 10.1 Å².